The molecule has 0 bridgehead atoms. The zero-order chi connectivity index (χ0) is 75.0. The van der Waals surface area contributed by atoms with E-state index >= 15 is 0 Å². The molecule has 4 atom stereocenters. The van der Waals surface area contributed by atoms with Crippen LogP contribution in [0.15, 0.2) is 0 Å². The van der Waals surface area contributed by atoms with Crippen LogP contribution in [-0.2, 0) is 95.9 Å². The average Bonchev–Trinajstić information content (AvgIpc) is 1.02. The van der Waals surface area contributed by atoms with Crippen molar-refractivity contribution < 1.29 is 121 Å². The number of carbonyl (C=O) groups is 20. The smallest absolute Gasteiger partial charge is 0.326 e. The maximum absolute atomic E-state index is 13.1. The van der Waals surface area contributed by atoms with Crippen LogP contribution in [0.4, 0.5) is 0 Å². The van der Waals surface area contributed by atoms with Gasteiger partial charge in [-0.25, -0.2) is 14.4 Å². The van der Waals surface area contributed by atoms with Crippen molar-refractivity contribution in [2.45, 2.75) is 75.5 Å². The Bertz CT molecular complexity index is 2950. The lowest BCUT2D eigenvalue weighted by Gasteiger charge is -2.27. The van der Waals surface area contributed by atoms with E-state index in [0.717, 1.165) is 58.8 Å². The van der Waals surface area contributed by atoms with E-state index in [1.165, 1.54) is 84.6 Å². The summed E-state index contributed by atoms with van der Waals surface area (Å²) in [5.74, 6) is -18.8. The first-order valence-corrected chi connectivity index (χ1v) is 29.4. The molecular weight excluding hydrogens is 1300 g/mol. The predicted molar refractivity (Wildman–Crippen MR) is 331 cm³/mol. The van der Waals surface area contributed by atoms with Gasteiger partial charge in [0.2, 0.25) is 88.6 Å². The number of carbonyl (C=O) groups excluding carboxylic acids is 15. The molecule has 0 aliphatic rings. The Kier molecular flexibility index (Phi) is 37.3. The summed E-state index contributed by atoms with van der Waals surface area (Å²) in [5, 5.41) is 52.8. The molecule has 0 saturated heterocycles. The summed E-state index contributed by atoms with van der Waals surface area (Å²) in [6.07, 6.45) is -4.18. The lowest BCUT2D eigenvalue weighted by molar-refractivity contribution is -0.147. The van der Waals surface area contributed by atoms with Gasteiger partial charge in [-0.3, -0.25) is 81.5 Å². The van der Waals surface area contributed by atoms with Gasteiger partial charge in [-0.05, 0) is 25.7 Å². The van der Waals surface area contributed by atoms with Crippen molar-refractivity contribution in [3.05, 3.63) is 0 Å². The number of amides is 15. The number of nitrogens with zero attached hydrogens (tertiary/aromatic N) is 12. The molecule has 0 aliphatic heterocycles. The Morgan fingerprint density at radius 2 is 0.412 bits per heavy atom. The lowest BCUT2D eigenvalue weighted by Crippen LogP contribution is -2.49. The molecule has 15 amide bonds. The molecule has 0 fully saturated rings. The fourth-order valence-corrected chi connectivity index (χ4v) is 7.81. The van der Waals surface area contributed by atoms with Gasteiger partial charge in [-0.2, -0.15) is 0 Å². The second kappa shape index (κ2) is 41.9. The van der Waals surface area contributed by atoms with Gasteiger partial charge in [0.15, 0.2) is 0 Å². The van der Waals surface area contributed by atoms with E-state index in [1.54, 1.807) is 0 Å². The first-order valence-electron chi connectivity index (χ1n) is 29.4. The molecule has 10 N–H and O–H groups in total. The largest absolute Gasteiger partial charge is 0.480 e. The number of hydrogen-bond donors (Lipinski definition) is 9. The van der Waals surface area contributed by atoms with E-state index in [0.29, 0.717) is 0 Å². The van der Waals surface area contributed by atoms with Crippen molar-refractivity contribution >= 4 is 118 Å². The summed E-state index contributed by atoms with van der Waals surface area (Å²) in [6.45, 7) is -6.57. The normalized spacial score (nSPS) is 11.8. The Balaban J connectivity index is 5.07. The highest BCUT2D eigenvalue weighted by atomic mass is 16.4. The monoisotopic (exact) mass is 1390 g/mol. The summed E-state index contributed by atoms with van der Waals surface area (Å²) in [5.41, 5.74) is 5.33. The summed E-state index contributed by atoms with van der Waals surface area (Å²) < 4.78 is 0. The summed E-state index contributed by atoms with van der Waals surface area (Å²) in [6, 6.07) is -6.42. The molecule has 41 heteroatoms. The van der Waals surface area contributed by atoms with E-state index in [2.05, 4.69) is 16.0 Å². The summed E-state index contributed by atoms with van der Waals surface area (Å²) in [4.78, 5) is 261. The Morgan fingerprint density at radius 1 is 0.247 bits per heavy atom. The third-order valence-corrected chi connectivity index (χ3v) is 14.4. The van der Waals surface area contributed by atoms with E-state index in [4.69, 9.17) is 15.9 Å². The van der Waals surface area contributed by atoms with Gasteiger partial charge in [-0.1, -0.05) is 0 Å². The molecule has 0 aromatic rings. The zero-order valence-corrected chi connectivity index (χ0v) is 56.3. The summed E-state index contributed by atoms with van der Waals surface area (Å²) >= 11 is 0. The van der Waals surface area contributed by atoms with Gasteiger partial charge in [0.25, 0.3) is 0 Å². The number of likely N-dealkylation sites (N-methyl/N-ethyl adjacent to an activating group) is 12. The van der Waals surface area contributed by atoms with Crippen LogP contribution in [0.5, 0.6) is 0 Å². The van der Waals surface area contributed by atoms with Crippen molar-refractivity contribution in [1.29, 1.82) is 0 Å². The van der Waals surface area contributed by atoms with Crippen LogP contribution in [0.25, 0.3) is 0 Å². The lowest BCUT2D eigenvalue weighted by atomic mass is 10.1. The van der Waals surface area contributed by atoms with Crippen LogP contribution in [0.3, 0.4) is 0 Å². The van der Waals surface area contributed by atoms with E-state index in [9.17, 15) is 111 Å². The maximum Gasteiger partial charge on any atom is 0.326 e. The van der Waals surface area contributed by atoms with Crippen LogP contribution in [0.1, 0.15) is 51.4 Å². The van der Waals surface area contributed by atoms with E-state index in [-0.39, 0.29) is 6.42 Å². The minimum Gasteiger partial charge on any atom is -0.480 e. The van der Waals surface area contributed by atoms with Crippen LogP contribution >= 0.6 is 0 Å². The van der Waals surface area contributed by atoms with Crippen LogP contribution < -0.4 is 21.7 Å². The summed E-state index contributed by atoms with van der Waals surface area (Å²) in [7, 11) is 15.0. The average molecular weight is 1390 g/mol. The first kappa shape index (κ1) is 86.4. The highest BCUT2D eigenvalue weighted by Gasteiger charge is 2.31. The molecule has 0 aliphatic carbocycles. The quantitative estimate of drug-likeness (QED) is 0.0274. The number of nitrogens with two attached hydrogens (primary N) is 1. The third kappa shape index (κ3) is 33.4. The number of nitrogens with one attached hydrogen (secondary N) is 3. The Labute approximate surface area is 557 Å². The molecule has 0 spiro atoms. The first-order chi connectivity index (χ1) is 44.8. The number of rotatable bonds is 43. The Morgan fingerprint density at radius 3 is 0.588 bits per heavy atom. The second-order valence-corrected chi connectivity index (χ2v) is 22.9. The van der Waals surface area contributed by atoms with Crippen molar-refractivity contribution in [3.8, 4) is 0 Å². The van der Waals surface area contributed by atoms with Crippen molar-refractivity contribution in [1.82, 2.24) is 74.7 Å². The van der Waals surface area contributed by atoms with Crippen LogP contribution in [0, 0.1) is 0 Å². The van der Waals surface area contributed by atoms with Crippen LogP contribution in [0.2, 0.25) is 0 Å². The predicted octanol–water partition coefficient (Wildman–Crippen LogP) is -9.19. The van der Waals surface area contributed by atoms with Gasteiger partial charge in [0, 0.05) is 110 Å². The van der Waals surface area contributed by atoms with Crippen LogP contribution in [-0.4, -0.2) is 390 Å². The van der Waals surface area contributed by atoms with Crippen molar-refractivity contribution in [2.75, 3.05) is 163 Å². The zero-order valence-electron chi connectivity index (χ0n) is 56.3. The van der Waals surface area contributed by atoms with Crippen molar-refractivity contribution in [2.24, 2.45) is 5.73 Å². The Hall–Kier alpha value is -10.6. The molecule has 0 saturated carbocycles. The molecule has 0 unspecified atom stereocenters. The molecule has 0 radical (unpaired) electrons. The fourth-order valence-electron chi connectivity index (χ4n) is 7.81. The number of hydrogen-bond acceptors (Lipinski definition) is 21. The highest BCUT2D eigenvalue weighted by Crippen LogP contribution is 2.09. The molecule has 544 valence electrons. The van der Waals surface area contributed by atoms with Gasteiger partial charge in [-0.15, -0.1) is 0 Å². The standard InChI is InChI=1S/C56H90N16O25/c1-61(40(76)20-16-36(56(96)97)60-39(75)19-15-35(55(94)95)59-38(74)18-14-34(54(92)93)58-37(73)17-13-33(57)53(90)91)21-41(77)62(2)22-42(78)63(3)23-43(79)64(4)24-44(80)65(5)25-45(81)66(6)26-46(82)67(7)27-47(83)68(8)28-48(84)69(9)29-49(85)70(10)30-50(86)71(11)31-51(87)72(12)32-52(88)89/h33-36H,13-32,57H2,1-12H3,(H,58,73)(H,59,74)(H,60,75)(H,88,89)(H,90,91)(H,92,93)(H,94,95)(H,96,97)/t33-,34-,35-,36-/m0/s1. The highest BCUT2D eigenvalue weighted by molar-refractivity contribution is 5.95. The van der Waals surface area contributed by atoms with E-state index in [1.807, 2.05) is 0 Å². The number of carboxylic acids is 5. The second-order valence-electron chi connectivity index (χ2n) is 22.9. The molecule has 0 aromatic carbocycles. The molecule has 0 rings (SSSR count). The SMILES string of the molecule is CN(CC(=O)O)C(=O)CN(C)C(=O)CN(C)C(=O)CN(C)C(=O)CN(C)C(=O)CN(C)C(=O)CN(C)C(=O)CN(C)C(=O)CN(C)C(=O)CN(C)C(=O)CN(C)C(=O)CN(C)C(=O)CC[C@H](NC(=O)CC[C@H](NC(=O)CC[C@H](NC(=O)CC[C@H](N)C(=O)O)C(=O)O)C(=O)O)C(=O)O. The third-order valence-electron chi connectivity index (χ3n) is 14.4. The fraction of sp³-hybridized carbons (Fsp3) is 0.643. The van der Waals surface area contributed by atoms with Gasteiger partial charge < -0.3 is 106 Å². The van der Waals surface area contributed by atoms with Crippen molar-refractivity contribution in [3.63, 3.8) is 0 Å². The van der Waals surface area contributed by atoms with E-state index < -0.39 is 266 Å². The van der Waals surface area contributed by atoms with Gasteiger partial charge in [0.05, 0.1) is 72.0 Å². The van der Waals surface area contributed by atoms with Gasteiger partial charge in [0.1, 0.15) is 30.7 Å². The number of carboxylic acid groups (broad SMARTS) is 5. The molecule has 0 aromatic heterocycles. The minimum atomic E-state index is -1.72. The topological polar surface area (TPSA) is 544 Å². The molecule has 97 heavy (non-hydrogen) atoms. The molecule has 0 heterocycles. The minimum absolute atomic E-state index is 0.315. The van der Waals surface area contributed by atoms with Gasteiger partial charge >= 0.3 is 29.8 Å². The molecular formula is C56H90N16O25. The molecule has 41 nitrogen and oxygen atoms in total. The number of aliphatic carboxylic acids is 5. The maximum atomic E-state index is 13.1.